The standard InChI is InChI=1S/C26H31ClN3O8P/c1-6-35-39(32,36-7-2)25(18-8-10-19(27)11-9-18)30-24(31)17(3)37-20-12-14-21(15-13-20)38-26-28-22(33-4)16-23(29-26)34-5/h8-17,25H,6-7H2,1-5H3,(H,30,31). The number of hydrogen-bond acceptors (Lipinski definition) is 10. The van der Waals surface area contributed by atoms with Gasteiger partial charge in [0, 0.05) is 5.02 Å². The van der Waals surface area contributed by atoms with Gasteiger partial charge in [-0.25, -0.2) is 0 Å². The third-order valence-electron chi connectivity index (χ3n) is 5.19. The number of carbonyl (C=O) groups excluding carboxylic acids is 1. The molecule has 1 N–H and O–H groups in total. The number of rotatable bonds is 14. The molecule has 0 saturated carbocycles. The summed E-state index contributed by atoms with van der Waals surface area (Å²) in [6.07, 6.45) is -0.950. The molecular weight excluding hydrogens is 549 g/mol. The van der Waals surface area contributed by atoms with Gasteiger partial charge in [0.05, 0.1) is 33.5 Å². The smallest absolute Gasteiger partial charge is 0.357 e. The highest BCUT2D eigenvalue weighted by atomic mass is 35.5. The highest BCUT2D eigenvalue weighted by Gasteiger charge is 2.39. The number of methoxy groups -OCH3 is 2. The Morgan fingerprint density at radius 2 is 1.46 bits per heavy atom. The molecular formula is C26H31ClN3O8P. The Labute approximate surface area is 232 Å². The first-order valence-electron chi connectivity index (χ1n) is 12.1. The van der Waals surface area contributed by atoms with Gasteiger partial charge in [-0.2, -0.15) is 9.97 Å². The van der Waals surface area contributed by atoms with Crippen molar-refractivity contribution in [3.05, 3.63) is 65.2 Å². The lowest BCUT2D eigenvalue weighted by Gasteiger charge is -2.28. The third-order valence-corrected chi connectivity index (χ3v) is 7.74. The Morgan fingerprint density at radius 1 is 0.923 bits per heavy atom. The summed E-state index contributed by atoms with van der Waals surface area (Å²) in [6.45, 7) is 5.22. The lowest BCUT2D eigenvalue weighted by molar-refractivity contribution is -0.127. The Bertz CT molecular complexity index is 1240. The highest BCUT2D eigenvalue weighted by molar-refractivity contribution is 7.54. The van der Waals surface area contributed by atoms with Crippen molar-refractivity contribution in [1.29, 1.82) is 0 Å². The predicted octanol–water partition coefficient (Wildman–Crippen LogP) is 5.79. The second-order valence-corrected chi connectivity index (χ2v) is 10.5. The van der Waals surface area contributed by atoms with Crippen LogP contribution < -0.4 is 24.3 Å². The zero-order valence-corrected chi connectivity index (χ0v) is 23.9. The van der Waals surface area contributed by atoms with Gasteiger partial charge in [-0.1, -0.05) is 23.7 Å². The van der Waals surface area contributed by atoms with Crippen molar-refractivity contribution in [2.24, 2.45) is 0 Å². The summed E-state index contributed by atoms with van der Waals surface area (Å²) in [5.74, 6) is -0.198. The van der Waals surface area contributed by atoms with E-state index in [-0.39, 0.29) is 31.0 Å². The van der Waals surface area contributed by atoms with Gasteiger partial charge in [-0.3, -0.25) is 9.36 Å². The number of nitrogens with zero attached hydrogens (tertiary/aromatic N) is 2. The molecule has 2 aromatic carbocycles. The lowest BCUT2D eigenvalue weighted by atomic mass is 10.2. The van der Waals surface area contributed by atoms with Gasteiger partial charge in [0.15, 0.2) is 11.9 Å². The van der Waals surface area contributed by atoms with Crippen LogP contribution in [-0.4, -0.2) is 49.4 Å². The molecule has 210 valence electrons. The van der Waals surface area contributed by atoms with Crippen LogP contribution in [-0.2, 0) is 18.4 Å². The maximum Gasteiger partial charge on any atom is 0.357 e. The van der Waals surface area contributed by atoms with Gasteiger partial charge in [-0.15, -0.1) is 0 Å². The van der Waals surface area contributed by atoms with Crippen LogP contribution in [0, 0.1) is 0 Å². The van der Waals surface area contributed by atoms with E-state index in [1.807, 2.05) is 0 Å². The van der Waals surface area contributed by atoms with Crippen LogP contribution in [0.5, 0.6) is 29.3 Å². The minimum absolute atomic E-state index is 0.0360. The van der Waals surface area contributed by atoms with Crippen LogP contribution in [0.2, 0.25) is 5.02 Å². The second-order valence-electron chi connectivity index (χ2n) is 7.91. The van der Waals surface area contributed by atoms with Crippen LogP contribution in [0.1, 0.15) is 32.1 Å². The summed E-state index contributed by atoms with van der Waals surface area (Å²) in [6, 6.07) is 14.6. The Kier molecular flexibility index (Phi) is 10.9. The van der Waals surface area contributed by atoms with Gasteiger partial charge in [-0.05, 0) is 62.7 Å². The number of hydrogen-bond donors (Lipinski definition) is 1. The summed E-state index contributed by atoms with van der Waals surface area (Å²) in [5.41, 5.74) is 0.517. The maximum atomic E-state index is 13.6. The summed E-state index contributed by atoms with van der Waals surface area (Å²) >= 11 is 6.02. The van der Waals surface area contributed by atoms with Crippen molar-refractivity contribution in [2.45, 2.75) is 32.7 Å². The SMILES string of the molecule is CCOP(=O)(OCC)C(NC(=O)C(C)Oc1ccc(Oc2nc(OC)cc(OC)n2)cc1)c1ccc(Cl)cc1. The van der Waals surface area contributed by atoms with Gasteiger partial charge < -0.3 is 33.3 Å². The summed E-state index contributed by atoms with van der Waals surface area (Å²) in [7, 11) is -0.829. The van der Waals surface area contributed by atoms with Crippen molar-refractivity contribution in [3.8, 4) is 29.3 Å². The van der Waals surface area contributed by atoms with E-state index in [0.29, 0.717) is 22.1 Å². The molecule has 0 bridgehead atoms. The zero-order valence-electron chi connectivity index (χ0n) is 22.3. The van der Waals surface area contributed by atoms with Gasteiger partial charge in [0.2, 0.25) is 11.8 Å². The highest BCUT2D eigenvalue weighted by Crippen LogP contribution is 2.59. The fraction of sp³-hybridized carbons (Fsp3) is 0.346. The number of halogens is 1. The molecule has 2 unspecified atom stereocenters. The largest absolute Gasteiger partial charge is 0.481 e. The molecule has 39 heavy (non-hydrogen) atoms. The van der Waals surface area contributed by atoms with Crippen LogP contribution in [0.15, 0.2) is 54.6 Å². The molecule has 1 amide bonds. The first-order chi connectivity index (χ1) is 18.7. The summed E-state index contributed by atoms with van der Waals surface area (Å²) in [5, 5.41) is 3.26. The molecule has 0 fully saturated rings. The minimum Gasteiger partial charge on any atom is -0.481 e. The number of ether oxygens (including phenoxy) is 4. The van der Waals surface area contributed by atoms with Crippen molar-refractivity contribution in [3.63, 3.8) is 0 Å². The Balaban J connectivity index is 1.72. The number of benzene rings is 2. The quantitative estimate of drug-likeness (QED) is 0.234. The molecule has 13 heteroatoms. The van der Waals surface area contributed by atoms with E-state index in [1.54, 1.807) is 69.3 Å². The molecule has 0 spiro atoms. The van der Waals surface area contributed by atoms with Gasteiger partial charge in [0.1, 0.15) is 11.5 Å². The number of amides is 1. The molecule has 3 rings (SSSR count). The lowest BCUT2D eigenvalue weighted by Crippen LogP contribution is -2.39. The van der Waals surface area contributed by atoms with E-state index in [0.717, 1.165) is 0 Å². The maximum absolute atomic E-state index is 13.6. The average molecular weight is 580 g/mol. The topological polar surface area (TPSA) is 127 Å². The van der Waals surface area contributed by atoms with E-state index in [4.69, 9.17) is 39.6 Å². The van der Waals surface area contributed by atoms with Crippen molar-refractivity contribution >= 4 is 25.1 Å². The summed E-state index contributed by atoms with van der Waals surface area (Å²) in [4.78, 5) is 21.4. The first kappa shape index (κ1) is 30.2. The van der Waals surface area contributed by atoms with E-state index < -0.39 is 25.4 Å². The van der Waals surface area contributed by atoms with Crippen LogP contribution in [0.3, 0.4) is 0 Å². The van der Waals surface area contributed by atoms with Gasteiger partial charge >= 0.3 is 13.6 Å². The fourth-order valence-electron chi connectivity index (χ4n) is 3.38. The third kappa shape index (κ3) is 8.31. The zero-order chi connectivity index (χ0) is 28.4. The summed E-state index contributed by atoms with van der Waals surface area (Å²) < 4.78 is 46.4. The van der Waals surface area contributed by atoms with Crippen molar-refractivity contribution in [2.75, 3.05) is 27.4 Å². The number of aromatic nitrogens is 2. The molecule has 3 aromatic rings. The van der Waals surface area contributed by atoms with Crippen molar-refractivity contribution in [1.82, 2.24) is 15.3 Å². The Morgan fingerprint density at radius 3 is 1.97 bits per heavy atom. The van der Waals surface area contributed by atoms with E-state index >= 15 is 0 Å². The van der Waals surface area contributed by atoms with Crippen molar-refractivity contribution < 1.29 is 37.4 Å². The molecule has 0 saturated heterocycles. The fourth-order valence-corrected chi connectivity index (χ4v) is 5.42. The molecule has 1 aromatic heterocycles. The second kappa shape index (κ2) is 14.1. The van der Waals surface area contributed by atoms with Crippen LogP contribution in [0.4, 0.5) is 0 Å². The predicted molar refractivity (Wildman–Crippen MR) is 145 cm³/mol. The molecule has 0 aliphatic carbocycles. The average Bonchev–Trinajstić information content (AvgIpc) is 2.93. The van der Waals surface area contributed by atoms with Crippen LogP contribution >= 0.6 is 19.2 Å². The van der Waals surface area contributed by atoms with Crippen LogP contribution in [0.25, 0.3) is 0 Å². The van der Waals surface area contributed by atoms with E-state index in [9.17, 15) is 9.36 Å². The van der Waals surface area contributed by atoms with E-state index in [1.165, 1.54) is 20.3 Å². The normalized spacial score (nSPS) is 12.8. The first-order valence-corrected chi connectivity index (χ1v) is 14.1. The minimum atomic E-state index is -3.77. The molecule has 0 radical (unpaired) electrons. The van der Waals surface area contributed by atoms with E-state index in [2.05, 4.69) is 15.3 Å². The monoisotopic (exact) mass is 579 g/mol. The Hall–Kier alpha value is -3.37. The number of nitrogens with one attached hydrogen (secondary N) is 1. The molecule has 0 aliphatic heterocycles. The molecule has 2 atom stereocenters. The molecule has 1 heterocycles. The molecule has 11 nitrogen and oxygen atoms in total. The van der Waals surface area contributed by atoms with Gasteiger partial charge in [0.25, 0.3) is 5.91 Å². The molecule has 0 aliphatic rings. The number of carbonyl (C=O) groups is 1.